The molecule has 0 saturated carbocycles. The molecule has 0 spiro atoms. The van der Waals surface area contributed by atoms with Crippen LogP contribution in [0.25, 0.3) is 0 Å². The quantitative estimate of drug-likeness (QED) is 0.423. The minimum atomic E-state index is -0.503. The molecule has 3 N–H and O–H groups in total. The Labute approximate surface area is 177 Å². The summed E-state index contributed by atoms with van der Waals surface area (Å²) >= 11 is 0. The van der Waals surface area contributed by atoms with Gasteiger partial charge in [-0.3, -0.25) is 0 Å². The molecule has 168 valence electrons. The first-order chi connectivity index (χ1) is 13.6. The number of rotatable bonds is 10. The molecular weight excluding hydrogens is 366 g/mol. The number of hydrogen-bond acceptors (Lipinski definition) is 5. The van der Waals surface area contributed by atoms with Crippen LogP contribution in [0.15, 0.2) is 23.8 Å². The third kappa shape index (κ3) is 6.38. The molecule has 2 aliphatic rings. The lowest BCUT2D eigenvalue weighted by molar-refractivity contribution is -0.0542. The molecule has 0 aliphatic carbocycles. The zero-order valence-electron chi connectivity index (χ0n) is 19.4. The van der Waals surface area contributed by atoms with Gasteiger partial charge in [0.1, 0.15) is 0 Å². The van der Waals surface area contributed by atoms with E-state index in [1.807, 2.05) is 0 Å². The number of aliphatic hydroxyl groups excluding tert-OH is 1. The van der Waals surface area contributed by atoms with Crippen LogP contribution >= 0.6 is 0 Å². The Morgan fingerprint density at radius 1 is 1.31 bits per heavy atom. The summed E-state index contributed by atoms with van der Waals surface area (Å²) in [5.41, 5.74) is 6.91. The van der Waals surface area contributed by atoms with E-state index >= 15 is 0 Å². The van der Waals surface area contributed by atoms with Crippen molar-refractivity contribution in [3.8, 4) is 0 Å². The summed E-state index contributed by atoms with van der Waals surface area (Å²) in [7, 11) is 1.65. The van der Waals surface area contributed by atoms with Crippen LogP contribution in [0.3, 0.4) is 0 Å². The average Bonchev–Trinajstić information content (AvgIpc) is 3.32. The second-order valence-corrected chi connectivity index (χ2v) is 9.60. The third-order valence-corrected chi connectivity index (χ3v) is 6.72. The average molecular weight is 410 g/mol. The summed E-state index contributed by atoms with van der Waals surface area (Å²) in [5.74, 6) is 1.09. The number of methoxy groups -OCH3 is 1. The van der Waals surface area contributed by atoms with E-state index in [2.05, 4.69) is 52.8 Å². The fraction of sp³-hybridized carbons (Fsp3) is 0.833. The molecule has 5 nitrogen and oxygen atoms in total. The van der Waals surface area contributed by atoms with Crippen LogP contribution < -0.4 is 5.73 Å². The van der Waals surface area contributed by atoms with E-state index in [0.29, 0.717) is 18.4 Å². The zero-order chi connectivity index (χ0) is 21.8. The van der Waals surface area contributed by atoms with Crippen LogP contribution in [0.1, 0.15) is 60.8 Å². The minimum Gasteiger partial charge on any atom is -0.391 e. The molecule has 2 aliphatic heterocycles. The molecule has 0 aromatic rings. The maximum absolute atomic E-state index is 9.92. The first-order valence-electron chi connectivity index (χ1n) is 11.2. The van der Waals surface area contributed by atoms with Crippen LogP contribution in [-0.4, -0.2) is 54.9 Å². The molecule has 0 bridgehead atoms. The van der Waals surface area contributed by atoms with Crippen molar-refractivity contribution in [1.82, 2.24) is 0 Å². The molecule has 2 fully saturated rings. The molecule has 29 heavy (non-hydrogen) atoms. The molecule has 0 radical (unpaired) electrons. The Morgan fingerprint density at radius 2 is 2.00 bits per heavy atom. The van der Waals surface area contributed by atoms with Gasteiger partial charge >= 0.3 is 0 Å². The second kappa shape index (κ2) is 10.5. The van der Waals surface area contributed by atoms with E-state index in [4.69, 9.17) is 19.9 Å². The van der Waals surface area contributed by atoms with E-state index in [-0.39, 0.29) is 35.9 Å². The standard InChI is InChI=1S/C24H43NO4/c1-15(13-24(6)23(29-24)18(4)22(27-7)19(5)26)9-8-10-16(2)21-17(3)11-12-20(14-25)28-21/h8-10,15,17-23,26H,11-14,25H2,1-7H3/b9-8+,16-10+/t15-,17+,18-,19-,20-,21-,22-,23-,24-/m1/s1. The predicted molar refractivity (Wildman–Crippen MR) is 118 cm³/mol. The summed E-state index contributed by atoms with van der Waals surface area (Å²) in [4.78, 5) is 0. The first-order valence-corrected chi connectivity index (χ1v) is 11.2. The van der Waals surface area contributed by atoms with Crippen LogP contribution in [0.5, 0.6) is 0 Å². The molecule has 0 aromatic heterocycles. The monoisotopic (exact) mass is 409 g/mol. The molecule has 2 heterocycles. The smallest absolute Gasteiger partial charge is 0.0929 e. The van der Waals surface area contributed by atoms with E-state index in [1.165, 1.54) is 12.0 Å². The van der Waals surface area contributed by atoms with Crippen molar-refractivity contribution in [2.24, 2.45) is 23.5 Å². The molecule has 9 atom stereocenters. The van der Waals surface area contributed by atoms with Gasteiger partial charge in [-0.25, -0.2) is 0 Å². The lowest BCUT2D eigenvalue weighted by atomic mass is 9.85. The SMILES string of the molecule is CO[C@H]([C@@H](C)[C@H]1O[C@]1(C)C[C@H](C)/C=C/C=C(\C)[C@H]1O[C@@H](CN)CC[C@@H]1C)[C@@H](C)O. The van der Waals surface area contributed by atoms with Crippen LogP contribution in [-0.2, 0) is 14.2 Å². The van der Waals surface area contributed by atoms with Gasteiger partial charge in [-0.15, -0.1) is 0 Å². The number of hydrogen-bond donors (Lipinski definition) is 2. The number of ether oxygens (including phenoxy) is 3. The van der Waals surface area contributed by atoms with Crippen LogP contribution in [0.4, 0.5) is 0 Å². The van der Waals surface area contributed by atoms with Gasteiger partial charge in [0.15, 0.2) is 0 Å². The highest BCUT2D eigenvalue weighted by Gasteiger charge is 2.56. The largest absolute Gasteiger partial charge is 0.391 e. The number of allylic oxidation sites excluding steroid dienone is 3. The minimum absolute atomic E-state index is 0.125. The predicted octanol–water partition coefficient (Wildman–Crippen LogP) is 3.85. The maximum atomic E-state index is 9.92. The molecule has 2 saturated heterocycles. The summed E-state index contributed by atoms with van der Waals surface area (Å²) in [6, 6.07) is 0. The Morgan fingerprint density at radius 3 is 2.59 bits per heavy atom. The van der Waals surface area contributed by atoms with Gasteiger partial charge in [0.2, 0.25) is 0 Å². The molecule has 0 aromatic carbocycles. The molecule has 0 unspecified atom stereocenters. The van der Waals surface area contributed by atoms with Gasteiger partial charge in [-0.05, 0) is 57.4 Å². The highest BCUT2D eigenvalue weighted by atomic mass is 16.6. The number of nitrogens with two attached hydrogens (primary N) is 1. The van der Waals surface area contributed by atoms with Crippen molar-refractivity contribution in [3.63, 3.8) is 0 Å². The summed E-state index contributed by atoms with van der Waals surface area (Å²) < 4.78 is 17.7. The van der Waals surface area contributed by atoms with E-state index in [9.17, 15) is 5.11 Å². The van der Waals surface area contributed by atoms with Gasteiger partial charge in [-0.1, -0.05) is 39.0 Å². The normalized spacial score (nSPS) is 37.3. The fourth-order valence-electron chi connectivity index (χ4n) is 5.05. The second-order valence-electron chi connectivity index (χ2n) is 9.60. The maximum Gasteiger partial charge on any atom is 0.0929 e. The summed E-state index contributed by atoms with van der Waals surface area (Å²) in [6.45, 7) is 13.3. The van der Waals surface area contributed by atoms with Crippen LogP contribution in [0.2, 0.25) is 0 Å². The van der Waals surface area contributed by atoms with E-state index in [0.717, 1.165) is 12.8 Å². The molecular formula is C24H43NO4. The third-order valence-electron chi connectivity index (χ3n) is 6.72. The van der Waals surface area contributed by atoms with Crippen molar-refractivity contribution in [2.75, 3.05) is 13.7 Å². The van der Waals surface area contributed by atoms with Gasteiger partial charge in [0, 0.05) is 19.6 Å². The Bertz CT molecular complexity index is 575. The van der Waals surface area contributed by atoms with Crippen molar-refractivity contribution in [3.05, 3.63) is 23.8 Å². The summed E-state index contributed by atoms with van der Waals surface area (Å²) in [6.07, 6.45) is 9.53. The number of aliphatic hydroxyl groups is 1. The van der Waals surface area contributed by atoms with E-state index in [1.54, 1.807) is 14.0 Å². The number of epoxide rings is 1. The van der Waals surface area contributed by atoms with Crippen molar-refractivity contribution >= 4 is 0 Å². The fourth-order valence-corrected chi connectivity index (χ4v) is 5.05. The highest BCUT2D eigenvalue weighted by Crippen LogP contribution is 2.47. The van der Waals surface area contributed by atoms with Crippen molar-refractivity contribution in [2.45, 2.75) is 96.9 Å². The Hall–Kier alpha value is -0.720. The molecule has 0 amide bonds. The lowest BCUT2D eigenvalue weighted by Gasteiger charge is -2.35. The zero-order valence-corrected chi connectivity index (χ0v) is 19.4. The first kappa shape index (κ1) is 24.5. The van der Waals surface area contributed by atoms with Gasteiger partial charge in [-0.2, -0.15) is 0 Å². The highest BCUT2D eigenvalue weighted by molar-refractivity contribution is 5.17. The van der Waals surface area contributed by atoms with Crippen molar-refractivity contribution < 1.29 is 19.3 Å². The van der Waals surface area contributed by atoms with Gasteiger partial charge < -0.3 is 25.1 Å². The van der Waals surface area contributed by atoms with E-state index < -0.39 is 6.10 Å². The van der Waals surface area contributed by atoms with Crippen LogP contribution in [0, 0.1) is 17.8 Å². The topological polar surface area (TPSA) is 77.2 Å². The molecule has 5 heteroatoms. The van der Waals surface area contributed by atoms with Gasteiger partial charge in [0.25, 0.3) is 0 Å². The molecule has 2 rings (SSSR count). The Kier molecular flexibility index (Phi) is 8.92. The summed E-state index contributed by atoms with van der Waals surface area (Å²) in [5, 5.41) is 9.92. The van der Waals surface area contributed by atoms with Gasteiger partial charge in [0.05, 0.1) is 36.1 Å². The lowest BCUT2D eigenvalue weighted by Crippen LogP contribution is -2.38. The Balaban J connectivity index is 1.88. The van der Waals surface area contributed by atoms with Crippen molar-refractivity contribution in [1.29, 1.82) is 0 Å².